The van der Waals surface area contributed by atoms with Crippen molar-refractivity contribution < 1.29 is 0 Å². The number of rotatable bonds is 3. The van der Waals surface area contributed by atoms with Gasteiger partial charge in [0.05, 0.1) is 11.9 Å². The molecule has 0 unspecified atom stereocenters. The molecule has 0 radical (unpaired) electrons. The smallest absolute Gasteiger partial charge is 0.0833 e. The van der Waals surface area contributed by atoms with Crippen molar-refractivity contribution in [3.8, 4) is 0 Å². The highest BCUT2D eigenvalue weighted by Crippen LogP contribution is 2.39. The first-order chi connectivity index (χ1) is 6.74. The van der Waals surface area contributed by atoms with Crippen LogP contribution in [0.3, 0.4) is 0 Å². The quantitative estimate of drug-likeness (QED) is 0.777. The van der Waals surface area contributed by atoms with Crippen molar-refractivity contribution in [1.82, 2.24) is 15.0 Å². The number of hydrogen-bond acceptors (Lipinski definition) is 3. The maximum Gasteiger partial charge on any atom is 0.0833 e. The summed E-state index contributed by atoms with van der Waals surface area (Å²) in [5.74, 6) is 0. The summed E-state index contributed by atoms with van der Waals surface area (Å²) in [6, 6.07) is 0. The van der Waals surface area contributed by atoms with Gasteiger partial charge >= 0.3 is 0 Å². The minimum atomic E-state index is 0.316. The lowest BCUT2D eigenvalue weighted by Crippen LogP contribution is -2.29. The molecular formula is C10H18N4. The Hall–Kier alpha value is -0.900. The average Bonchev–Trinajstić information content (AvgIpc) is 2.77. The predicted molar refractivity (Wildman–Crippen MR) is 54.7 cm³/mol. The Bertz CT molecular complexity index is 299. The lowest BCUT2D eigenvalue weighted by atomic mass is 9.82. The summed E-state index contributed by atoms with van der Waals surface area (Å²) in [7, 11) is 1.85. The van der Waals surface area contributed by atoms with Crippen LogP contribution >= 0.6 is 0 Å². The third-order valence-corrected chi connectivity index (χ3v) is 3.30. The van der Waals surface area contributed by atoms with E-state index < -0.39 is 0 Å². The molecule has 14 heavy (non-hydrogen) atoms. The molecule has 0 aromatic carbocycles. The Kier molecular flexibility index (Phi) is 2.54. The van der Waals surface area contributed by atoms with Gasteiger partial charge in [-0.2, -0.15) is 15.0 Å². The SMILES string of the molecule is Cn1ncc(CC2(CN)CCCC2)n1. The molecule has 1 saturated carbocycles. The molecule has 1 heterocycles. The molecule has 4 nitrogen and oxygen atoms in total. The molecule has 1 fully saturated rings. The molecule has 78 valence electrons. The molecular weight excluding hydrogens is 176 g/mol. The molecule has 0 atom stereocenters. The van der Waals surface area contributed by atoms with Crippen molar-refractivity contribution in [3.63, 3.8) is 0 Å². The van der Waals surface area contributed by atoms with E-state index in [2.05, 4.69) is 10.2 Å². The largest absolute Gasteiger partial charge is 0.330 e. The molecule has 0 aliphatic heterocycles. The van der Waals surface area contributed by atoms with Gasteiger partial charge in [-0.05, 0) is 31.2 Å². The van der Waals surface area contributed by atoms with Crippen molar-refractivity contribution in [2.75, 3.05) is 6.54 Å². The second-order valence-corrected chi connectivity index (χ2v) is 4.41. The van der Waals surface area contributed by atoms with E-state index in [4.69, 9.17) is 5.73 Å². The van der Waals surface area contributed by atoms with E-state index in [1.54, 1.807) is 4.80 Å². The van der Waals surface area contributed by atoms with Gasteiger partial charge in [0.1, 0.15) is 0 Å². The summed E-state index contributed by atoms with van der Waals surface area (Å²) >= 11 is 0. The van der Waals surface area contributed by atoms with Crippen molar-refractivity contribution in [2.24, 2.45) is 18.2 Å². The summed E-state index contributed by atoms with van der Waals surface area (Å²) in [5, 5.41) is 8.41. The zero-order valence-corrected chi connectivity index (χ0v) is 8.74. The lowest BCUT2D eigenvalue weighted by Gasteiger charge is -2.25. The van der Waals surface area contributed by atoms with Crippen LogP contribution in [0.15, 0.2) is 6.20 Å². The highest BCUT2D eigenvalue weighted by Gasteiger charge is 2.33. The second-order valence-electron chi connectivity index (χ2n) is 4.41. The Morgan fingerprint density at radius 2 is 2.21 bits per heavy atom. The van der Waals surface area contributed by atoms with Crippen LogP contribution in [0, 0.1) is 5.41 Å². The van der Waals surface area contributed by atoms with Crippen LogP contribution in [0.5, 0.6) is 0 Å². The van der Waals surface area contributed by atoms with E-state index >= 15 is 0 Å². The van der Waals surface area contributed by atoms with Gasteiger partial charge in [0, 0.05) is 7.05 Å². The molecule has 2 rings (SSSR count). The summed E-state index contributed by atoms with van der Waals surface area (Å²) in [5.41, 5.74) is 7.27. The first-order valence-electron chi connectivity index (χ1n) is 5.29. The lowest BCUT2D eigenvalue weighted by molar-refractivity contribution is 0.302. The number of aromatic nitrogens is 3. The van der Waals surface area contributed by atoms with Gasteiger partial charge in [-0.3, -0.25) is 0 Å². The molecule has 4 heteroatoms. The zero-order valence-electron chi connectivity index (χ0n) is 8.74. The molecule has 1 aliphatic carbocycles. The van der Waals surface area contributed by atoms with Crippen LogP contribution in [0.4, 0.5) is 0 Å². The van der Waals surface area contributed by atoms with E-state index in [0.29, 0.717) is 5.41 Å². The standard InChI is InChI=1S/C10H18N4/c1-14-12-7-9(13-14)6-10(8-11)4-2-3-5-10/h7H,2-6,8,11H2,1H3. The van der Waals surface area contributed by atoms with Crippen LogP contribution < -0.4 is 5.73 Å². The third-order valence-electron chi connectivity index (χ3n) is 3.30. The van der Waals surface area contributed by atoms with Crippen molar-refractivity contribution >= 4 is 0 Å². The maximum atomic E-state index is 5.87. The number of nitrogens with two attached hydrogens (primary N) is 1. The van der Waals surface area contributed by atoms with Crippen LogP contribution in [0.25, 0.3) is 0 Å². The van der Waals surface area contributed by atoms with Gasteiger partial charge in [-0.15, -0.1) is 0 Å². The van der Waals surface area contributed by atoms with Gasteiger partial charge in [0.15, 0.2) is 0 Å². The summed E-state index contributed by atoms with van der Waals surface area (Å²) in [6.45, 7) is 0.781. The summed E-state index contributed by atoms with van der Waals surface area (Å²) < 4.78 is 0. The number of aryl methyl sites for hydroxylation is 1. The van der Waals surface area contributed by atoms with Crippen LogP contribution in [0.2, 0.25) is 0 Å². The van der Waals surface area contributed by atoms with Crippen LogP contribution in [0.1, 0.15) is 31.4 Å². The van der Waals surface area contributed by atoms with E-state index in [1.807, 2.05) is 13.2 Å². The first-order valence-corrected chi connectivity index (χ1v) is 5.29. The van der Waals surface area contributed by atoms with Crippen LogP contribution in [-0.2, 0) is 13.5 Å². The van der Waals surface area contributed by atoms with Crippen molar-refractivity contribution in [2.45, 2.75) is 32.1 Å². The van der Waals surface area contributed by atoms with Crippen molar-refractivity contribution in [3.05, 3.63) is 11.9 Å². The predicted octanol–water partition coefficient (Wildman–Crippen LogP) is 0.877. The molecule has 1 aromatic rings. The fraction of sp³-hybridized carbons (Fsp3) is 0.800. The fourth-order valence-electron chi connectivity index (χ4n) is 2.43. The normalized spacial score (nSPS) is 20.1. The Morgan fingerprint density at radius 1 is 1.50 bits per heavy atom. The number of nitrogens with zero attached hydrogens (tertiary/aromatic N) is 3. The fourth-order valence-corrected chi connectivity index (χ4v) is 2.43. The van der Waals surface area contributed by atoms with Gasteiger partial charge in [0.2, 0.25) is 0 Å². The molecule has 1 aromatic heterocycles. The number of hydrogen-bond donors (Lipinski definition) is 1. The minimum absolute atomic E-state index is 0.316. The van der Waals surface area contributed by atoms with Gasteiger partial charge in [-0.1, -0.05) is 12.8 Å². The van der Waals surface area contributed by atoms with Gasteiger partial charge in [-0.25, -0.2) is 0 Å². The second kappa shape index (κ2) is 3.69. The topological polar surface area (TPSA) is 56.7 Å². The highest BCUT2D eigenvalue weighted by molar-refractivity contribution is 5.00. The monoisotopic (exact) mass is 194 g/mol. The third kappa shape index (κ3) is 1.80. The first kappa shape index (κ1) is 9.65. The molecule has 1 aliphatic rings. The summed E-state index contributed by atoms with van der Waals surface area (Å²) in [6.07, 6.45) is 7.99. The van der Waals surface area contributed by atoms with Gasteiger partial charge < -0.3 is 5.73 Å². The summed E-state index contributed by atoms with van der Waals surface area (Å²) in [4.78, 5) is 1.62. The average molecular weight is 194 g/mol. The minimum Gasteiger partial charge on any atom is -0.330 e. The Labute approximate surface area is 84.5 Å². The molecule has 0 bridgehead atoms. The van der Waals surface area contributed by atoms with E-state index in [1.165, 1.54) is 25.7 Å². The zero-order chi connectivity index (χ0) is 10.0. The van der Waals surface area contributed by atoms with Gasteiger partial charge in [0.25, 0.3) is 0 Å². The maximum absolute atomic E-state index is 5.87. The van der Waals surface area contributed by atoms with E-state index in [9.17, 15) is 0 Å². The molecule has 2 N–H and O–H groups in total. The molecule has 0 saturated heterocycles. The highest BCUT2D eigenvalue weighted by atomic mass is 15.4. The molecule has 0 spiro atoms. The Balaban J connectivity index is 2.08. The van der Waals surface area contributed by atoms with E-state index in [0.717, 1.165) is 18.7 Å². The molecule has 0 amide bonds. The Morgan fingerprint density at radius 3 is 2.71 bits per heavy atom. The van der Waals surface area contributed by atoms with E-state index in [-0.39, 0.29) is 0 Å². The van der Waals surface area contributed by atoms with Crippen molar-refractivity contribution in [1.29, 1.82) is 0 Å². The van der Waals surface area contributed by atoms with Crippen LogP contribution in [-0.4, -0.2) is 21.5 Å².